The molecule has 6 nitrogen and oxygen atoms in total. The minimum Gasteiger partial charge on any atom is -0.361 e. The van der Waals surface area contributed by atoms with E-state index in [4.69, 9.17) is 4.52 Å². The monoisotopic (exact) mass is 362 g/mol. The molecule has 5 rings (SSSR count). The molecule has 134 valence electrons. The molecule has 1 N–H and O–H groups in total. The lowest BCUT2D eigenvalue weighted by Gasteiger charge is -2.15. The number of hydrogen-bond acceptors (Lipinski definition) is 4. The van der Waals surface area contributed by atoms with E-state index in [0.29, 0.717) is 30.4 Å². The van der Waals surface area contributed by atoms with Crippen LogP contribution in [0.2, 0.25) is 0 Å². The van der Waals surface area contributed by atoms with Crippen LogP contribution in [-0.2, 0) is 4.79 Å². The van der Waals surface area contributed by atoms with E-state index >= 15 is 0 Å². The molecular formula is C20H15FN4O2. The topological polar surface area (TPSA) is 75.0 Å². The van der Waals surface area contributed by atoms with Gasteiger partial charge in [-0.15, -0.1) is 0 Å². The number of anilines is 1. The lowest BCUT2D eigenvalue weighted by Crippen LogP contribution is -2.24. The molecule has 4 aromatic rings. The molecule has 1 unspecified atom stereocenters. The molecule has 1 amide bonds. The number of halogens is 1. The molecule has 1 aliphatic heterocycles. The smallest absolute Gasteiger partial charge is 0.258 e. The normalized spacial score (nSPS) is 17.1. The summed E-state index contributed by atoms with van der Waals surface area (Å²) in [5.41, 5.74) is 2.49. The second kappa shape index (κ2) is 6.05. The van der Waals surface area contributed by atoms with Crippen molar-refractivity contribution in [3.63, 3.8) is 0 Å². The van der Waals surface area contributed by atoms with Gasteiger partial charge in [0, 0.05) is 41.8 Å². The number of H-pyrrole nitrogens is 1. The number of nitrogens with one attached hydrogen (secondary N) is 1. The number of aromatic nitrogens is 3. The Morgan fingerprint density at radius 3 is 2.85 bits per heavy atom. The van der Waals surface area contributed by atoms with Crippen LogP contribution in [0.15, 0.2) is 59.3 Å². The number of aromatic amines is 1. The fourth-order valence-electron chi connectivity index (χ4n) is 3.45. The third-order valence-corrected chi connectivity index (χ3v) is 4.87. The van der Waals surface area contributed by atoms with E-state index in [1.54, 1.807) is 17.0 Å². The molecular weight excluding hydrogens is 347 g/mol. The zero-order valence-corrected chi connectivity index (χ0v) is 14.2. The maximum absolute atomic E-state index is 13.1. The second-order valence-electron chi connectivity index (χ2n) is 6.62. The summed E-state index contributed by atoms with van der Waals surface area (Å²) >= 11 is 0. The highest BCUT2D eigenvalue weighted by atomic mass is 19.1. The van der Waals surface area contributed by atoms with Gasteiger partial charge in [-0.1, -0.05) is 11.2 Å². The highest BCUT2D eigenvalue weighted by molar-refractivity contribution is 5.96. The third-order valence-electron chi connectivity index (χ3n) is 4.87. The van der Waals surface area contributed by atoms with Crippen LogP contribution in [0.4, 0.5) is 10.1 Å². The van der Waals surface area contributed by atoms with Gasteiger partial charge in [0.1, 0.15) is 5.82 Å². The minimum atomic E-state index is -0.330. The van der Waals surface area contributed by atoms with E-state index < -0.39 is 0 Å². The summed E-state index contributed by atoms with van der Waals surface area (Å²) < 4.78 is 18.5. The summed E-state index contributed by atoms with van der Waals surface area (Å²) in [7, 11) is 0. The van der Waals surface area contributed by atoms with Gasteiger partial charge in [0.05, 0.1) is 0 Å². The largest absolute Gasteiger partial charge is 0.361 e. The molecule has 0 spiro atoms. The van der Waals surface area contributed by atoms with Gasteiger partial charge in [0.25, 0.3) is 5.89 Å². The van der Waals surface area contributed by atoms with Crippen molar-refractivity contribution in [2.45, 2.75) is 12.3 Å². The maximum Gasteiger partial charge on any atom is 0.258 e. The number of rotatable bonds is 3. The number of hydrogen-bond donors (Lipinski definition) is 1. The molecule has 1 aliphatic rings. The molecule has 0 bridgehead atoms. The summed E-state index contributed by atoms with van der Waals surface area (Å²) in [4.78, 5) is 21.7. The van der Waals surface area contributed by atoms with Crippen molar-refractivity contribution in [3.05, 3.63) is 66.4 Å². The summed E-state index contributed by atoms with van der Waals surface area (Å²) in [5.74, 6) is 0.410. The molecule has 1 atom stereocenters. The average molecular weight is 362 g/mol. The van der Waals surface area contributed by atoms with Crippen molar-refractivity contribution in [2.75, 3.05) is 11.4 Å². The van der Waals surface area contributed by atoms with E-state index in [1.165, 1.54) is 12.1 Å². The van der Waals surface area contributed by atoms with Gasteiger partial charge in [-0.3, -0.25) is 4.79 Å². The minimum absolute atomic E-state index is 0.0363. The van der Waals surface area contributed by atoms with Crippen LogP contribution >= 0.6 is 0 Å². The first kappa shape index (κ1) is 15.7. The van der Waals surface area contributed by atoms with Crippen LogP contribution < -0.4 is 4.90 Å². The number of amides is 1. The summed E-state index contributed by atoms with van der Waals surface area (Å²) in [6, 6.07) is 13.8. The van der Waals surface area contributed by atoms with Crippen LogP contribution in [-0.4, -0.2) is 27.6 Å². The van der Waals surface area contributed by atoms with Crippen LogP contribution in [0, 0.1) is 5.82 Å². The second-order valence-corrected chi connectivity index (χ2v) is 6.62. The van der Waals surface area contributed by atoms with Crippen LogP contribution in [0.3, 0.4) is 0 Å². The number of carbonyl (C=O) groups is 1. The predicted molar refractivity (Wildman–Crippen MR) is 97.7 cm³/mol. The first-order chi connectivity index (χ1) is 13.2. The predicted octanol–water partition coefficient (Wildman–Crippen LogP) is 3.88. The molecule has 0 aliphatic carbocycles. The van der Waals surface area contributed by atoms with Crippen molar-refractivity contribution < 1.29 is 13.7 Å². The zero-order chi connectivity index (χ0) is 18.4. The van der Waals surface area contributed by atoms with Crippen molar-refractivity contribution in [1.82, 2.24) is 15.1 Å². The van der Waals surface area contributed by atoms with Crippen molar-refractivity contribution in [3.8, 4) is 11.5 Å². The molecule has 7 heteroatoms. The Bertz CT molecular complexity index is 1130. The summed E-state index contributed by atoms with van der Waals surface area (Å²) in [6.07, 6.45) is 2.17. The van der Waals surface area contributed by atoms with Crippen molar-refractivity contribution in [2.24, 2.45) is 0 Å². The van der Waals surface area contributed by atoms with Crippen LogP contribution in [0.25, 0.3) is 22.4 Å². The highest BCUT2D eigenvalue weighted by Crippen LogP contribution is 2.32. The lowest BCUT2D eigenvalue weighted by atomic mass is 10.1. The van der Waals surface area contributed by atoms with E-state index in [2.05, 4.69) is 15.1 Å². The Labute approximate surface area is 153 Å². The first-order valence-electron chi connectivity index (χ1n) is 8.64. The van der Waals surface area contributed by atoms with Crippen LogP contribution in [0.1, 0.15) is 18.2 Å². The Morgan fingerprint density at radius 1 is 1.15 bits per heavy atom. The van der Waals surface area contributed by atoms with E-state index in [-0.39, 0.29) is 17.6 Å². The van der Waals surface area contributed by atoms with Gasteiger partial charge >= 0.3 is 0 Å². The number of fused-ring (bicyclic) bond motifs is 1. The van der Waals surface area contributed by atoms with E-state index in [1.807, 2.05) is 30.5 Å². The van der Waals surface area contributed by atoms with E-state index in [9.17, 15) is 9.18 Å². The summed E-state index contributed by atoms with van der Waals surface area (Å²) in [6.45, 7) is 0.444. The Balaban J connectivity index is 1.39. The fraction of sp³-hybridized carbons (Fsp3) is 0.150. The number of nitrogens with zero attached hydrogens (tertiary/aromatic N) is 3. The Morgan fingerprint density at radius 2 is 2.00 bits per heavy atom. The fourth-order valence-corrected chi connectivity index (χ4v) is 3.45. The lowest BCUT2D eigenvalue weighted by molar-refractivity contribution is -0.117. The summed E-state index contributed by atoms with van der Waals surface area (Å²) in [5, 5.41) is 5.19. The van der Waals surface area contributed by atoms with Gasteiger partial charge in [0.15, 0.2) is 5.82 Å². The average Bonchev–Trinajstić information content (AvgIpc) is 3.41. The van der Waals surface area contributed by atoms with Gasteiger partial charge in [-0.25, -0.2) is 4.39 Å². The highest BCUT2D eigenvalue weighted by Gasteiger charge is 2.34. The molecule has 1 saturated heterocycles. The van der Waals surface area contributed by atoms with Gasteiger partial charge in [0.2, 0.25) is 5.91 Å². The molecule has 27 heavy (non-hydrogen) atoms. The van der Waals surface area contributed by atoms with Gasteiger partial charge in [-0.2, -0.15) is 4.98 Å². The zero-order valence-electron chi connectivity index (χ0n) is 14.2. The molecule has 0 saturated carbocycles. The standard InChI is InChI=1S/C20H15FN4O2/c21-15-3-5-16(6-4-15)25-11-14(10-18(25)26)19-23-20(27-24-19)13-2-1-12-7-8-22-17(12)9-13/h1-9,14,22H,10-11H2. The van der Waals surface area contributed by atoms with Gasteiger partial charge < -0.3 is 14.4 Å². The molecule has 0 radical (unpaired) electrons. The van der Waals surface area contributed by atoms with E-state index in [0.717, 1.165) is 16.5 Å². The molecule has 2 aromatic carbocycles. The Hall–Kier alpha value is -3.48. The third kappa shape index (κ3) is 2.77. The van der Waals surface area contributed by atoms with Crippen molar-refractivity contribution >= 4 is 22.5 Å². The quantitative estimate of drug-likeness (QED) is 0.600. The SMILES string of the molecule is O=C1CC(c2noc(-c3ccc4cc[nH]c4c3)n2)CN1c1ccc(F)cc1. The molecule has 1 fully saturated rings. The maximum atomic E-state index is 13.1. The molecule has 3 heterocycles. The Kier molecular flexibility index (Phi) is 3.53. The first-order valence-corrected chi connectivity index (χ1v) is 8.64. The van der Waals surface area contributed by atoms with Gasteiger partial charge in [-0.05, 0) is 47.9 Å². The number of carbonyl (C=O) groups excluding carboxylic acids is 1. The molecule has 2 aromatic heterocycles. The van der Waals surface area contributed by atoms with Crippen molar-refractivity contribution in [1.29, 1.82) is 0 Å². The van der Waals surface area contributed by atoms with Crippen LogP contribution in [0.5, 0.6) is 0 Å². The number of benzene rings is 2.